The van der Waals surface area contributed by atoms with Gasteiger partial charge >= 0.3 is 0 Å². The molecule has 1 heterocycles. The summed E-state index contributed by atoms with van der Waals surface area (Å²) in [6.07, 6.45) is 3.37. The van der Waals surface area contributed by atoms with Gasteiger partial charge in [0, 0.05) is 23.7 Å². The van der Waals surface area contributed by atoms with Crippen LogP contribution >= 0.6 is 0 Å². The SMILES string of the molecule is CCNC(CCCS(=O)(=O)CC)c1ccc(C)nc1. The Labute approximate surface area is 116 Å². The average Bonchev–Trinajstić information content (AvgIpc) is 2.39. The van der Waals surface area contributed by atoms with Crippen LogP contribution < -0.4 is 5.32 Å². The van der Waals surface area contributed by atoms with Crippen molar-refractivity contribution in [2.75, 3.05) is 18.1 Å². The molecule has 0 bridgehead atoms. The van der Waals surface area contributed by atoms with Crippen LogP contribution in [0.2, 0.25) is 0 Å². The van der Waals surface area contributed by atoms with Crippen LogP contribution in [0, 0.1) is 6.92 Å². The van der Waals surface area contributed by atoms with Gasteiger partial charge in [-0.2, -0.15) is 0 Å². The molecule has 0 aliphatic carbocycles. The third-order valence-electron chi connectivity index (χ3n) is 3.18. The van der Waals surface area contributed by atoms with Gasteiger partial charge in [0.2, 0.25) is 0 Å². The quantitative estimate of drug-likeness (QED) is 0.795. The lowest BCUT2D eigenvalue weighted by Gasteiger charge is -2.18. The zero-order valence-electron chi connectivity index (χ0n) is 12.0. The van der Waals surface area contributed by atoms with Crippen LogP contribution in [0.25, 0.3) is 0 Å². The molecule has 0 saturated heterocycles. The van der Waals surface area contributed by atoms with Crippen molar-refractivity contribution in [1.82, 2.24) is 10.3 Å². The molecule has 1 N–H and O–H groups in total. The standard InChI is InChI=1S/C14H24N2O2S/c1-4-15-14(7-6-10-19(17,18)5-2)13-9-8-12(3)16-11-13/h8-9,11,14-15H,4-7,10H2,1-3H3. The predicted molar refractivity (Wildman–Crippen MR) is 79.0 cm³/mol. The monoisotopic (exact) mass is 284 g/mol. The minimum Gasteiger partial charge on any atom is -0.310 e. The molecule has 1 rings (SSSR count). The molecule has 0 radical (unpaired) electrons. The summed E-state index contributed by atoms with van der Waals surface area (Å²) >= 11 is 0. The molecule has 0 amide bonds. The molecule has 0 aliphatic rings. The predicted octanol–water partition coefficient (Wildman–Crippen LogP) is 2.26. The summed E-state index contributed by atoms with van der Waals surface area (Å²) in [7, 11) is -2.86. The van der Waals surface area contributed by atoms with Crippen molar-refractivity contribution in [2.24, 2.45) is 0 Å². The number of sulfone groups is 1. The van der Waals surface area contributed by atoms with E-state index in [0.29, 0.717) is 6.42 Å². The number of rotatable bonds is 8. The minimum atomic E-state index is -2.86. The summed E-state index contributed by atoms with van der Waals surface area (Å²) in [6.45, 7) is 6.57. The lowest BCUT2D eigenvalue weighted by atomic mass is 10.0. The number of pyridine rings is 1. The maximum atomic E-state index is 11.5. The van der Waals surface area contributed by atoms with E-state index >= 15 is 0 Å². The Kier molecular flexibility index (Phi) is 6.45. The summed E-state index contributed by atoms with van der Waals surface area (Å²) < 4.78 is 23.0. The zero-order valence-corrected chi connectivity index (χ0v) is 12.8. The van der Waals surface area contributed by atoms with E-state index in [-0.39, 0.29) is 17.5 Å². The largest absolute Gasteiger partial charge is 0.310 e. The molecular weight excluding hydrogens is 260 g/mol. The Morgan fingerprint density at radius 2 is 2.05 bits per heavy atom. The lowest BCUT2D eigenvalue weighted by Crippen LogP contribution is -2.22. The fourth-order valence-corrected chi connectivity index (χ4v) is 2.87. The van der Waals surface area contributed by atoms with Crippen molar-refractivity contribution in [3.63, 3.8) is 0 Å². The van der Waals surface area contributed by atoms with Crippen LogP contribution in [0.1, 0.15) is 44.0 Å². The molecular formula is C14H24N2O2S. The molecule has 0 spiro atoms. The van der Waals surface area contributed by atoms with Gasteiger partial charge in [0.1, 0.15) is 9.84 Å². The summed E-state index contributed by atoms with van der Waals surface area (Å²) in [5, 5.41) is 3.39. The molecule has 19 heavy (non-hydrogen) atoms. The second kappa shape index (κ2) is 7.60. The van der Waals surface area contributed by atoms with Crippen LogP contribution in [-0.2, 0) is 9.84 Å². The second-order valence-electron chi connectivity index (χ2n) is 4.72. The highest BCUT2D eigenvalue weighted by atomic mass is 32.2. The Hall–Kier alpha value is -0.940. The first-order valence-electron chi connectivity index (χ1n) is 6.85. The molecule has 108 valence electrons. The van der Waals surface area contributed by atoms with Crippen LogP contribution in [0.3, 0.4) is 0 Å². The van der Waals surface area contributed by atoms with Gasteiger partial charge in [-0.3, -0.25) is 4.98 Å². The minimum absolute atomic E-state index is 0.185. The van der Waals surface area contributed by atoms with Crippen molar-refractivity contribution < 1.29 is 8.42 Å². The van der Waals surface area contributed by atoms with Gasteiger partial charge < -0.3 is 5.32 Å². The van der Waals surface area contributed by atoms with E-state index in [1.54, 1.807) is 6.92 Å². The van der Waals surface area contributed by atoms with Crippen molar-refractivity contribution >= 4 is 9.84 Å². The molecule has 0 saturated carbocycles. The van der Waals surface area contributed by atoms with Gasteiger partial charge in [0.15, 0.2) is 0 Å². The number of nitrogens with zero attached hydrogens (tertiary/aromatic N) is 1. The third kappa shape index (κ3) is 5.70. The number of aromatic nitrogens is 1. The topological polar surface area (TPSA) is 59.1 Å². The van der Waals surface area contributed by atoms with E-state index in [1.807, 2.05) is 19.2 Å². The highest BCUT2D eigenvalue weighted by Gasteiger charge is 2.13. The summed E-state index contributed by atoms with van der Waals surface area (Å²) in [6, 6.07) is 4.23. The first-order valence-corrected chi connectivity index (χ1v) is 8.67. The first kappa shape index (κ1) is 16.1. The highest BCUT2D eigenvalue weighted by molar-refractivity contribution is 7.91. The number of hydrogen-bond acceptors (Lipinski definition) is 4. The normalized spacial score (nSPS) is 13.4. The van der Waals surface area contributed by atoms with E-state index in [0.717, 1.165) is 24.2 Å². The third-order valence-corrected chi connectivity index (χ3v) is 4.97. The Bertz CT molecular complexity index is 469. The van der Waals surface area contributed by atoms with Crippen molar-refractivity contribution in [2.45, 2.75) is 39.7 Å². The summed E-state index contributed by atoms with van der Waals surface area (Å²) in [5.41, 5.74) is 2.12. The van der Waals surface area contributed by atoms with E-state index in [9.17, 15) is 8.42 Å². The number of hydrogen-bond donors (Lipinski definition) is 1. The van der Waals surface area contributed by atoms with E-state index < -0.39 is 9.84 Å². The van der Waals surface area contributed by atoms with Crippen LogP contribution in [0.5, 0.6) is 0 Å². The molecule has 1 aromatic heterocycles. The maximum Gasteiger partial charge on any atom is 0.150 e. The Morgan fingerprint density at radius 3 is 2.58 bits per heavy atom. The van der Waals surface area contributed by atoms with Gasteiger partial charge in [-0.25, -0.2) is 8.42 Å². The van der Waals surface area contributed by atoms with Gasteiger partial charge in [-0.1, -0.05) is 19.9 Å². The van der Waals surface area contributed by atoms with E-state index in [4.69, 9.17) is 0 Å². The van der Waals surface area contributed by atoms with Gasteiger partial charge in [-0.05, 0) is 37.9 Å². The Balaban J connectivity index is 2.61. The average molecular weight is 284 g/mol. The number of nitrogens with one attached hydrogen (secondary N) is 1. The molecule has 1 atom stereocenters. The zero-order chi connectivity index (χ0) is 14.3. The summed E-state index contributed by atoms with van der Waals surface area (Å²) in [5.74, 6) is 0.496. The molecule has 1 aromatic rings. The molecule has 5 heteroatoms. The maximum absolute atomic E-state index is 11.5. The smallest absolute Gasteiger partial charge is 0.150 e. The van der Waals surface area contributed by atoms with Crippen LogP contribution in [-0.4, -0.2) is 31.5 Å². The number of aryl methyl sites for hydroxylation is 1. The van der Waals surface area contributed by atoms with Crippen molar-refractivity contribution in [3.8, 4) is 0 Å². The fourth-order valence-electron chi connectivity index (χ4n) is 1.97. The van der Waals surface area contributed by atoms with E-state index in [2.05, 4.69) is 23.3 Å². The lowest BCUT2D eigenvalue weighted by molar-refractivity contribution is 0.505. The Morgan fingerprint density at radius 1 is 1.32 bits per heavy atom. The molecule has 0 aromatic carbocycles. The van der Waals surface area contributed by atoms with Crippen LogP contribution in [0.4, 0.5) is 0 Å². The van der Waals surface area contributed by atoms with Crippen molar-refractivity contribution in [1.29, 1.82) is 0 Å². The summed E-state index contributed by atoms with van der Waals surface area (Å²) in [4.78, 5) is 4.30. The van der Waals surface area contributed by atoms with Gasteiger partial charge in [0.25, 0.3) is 0 Å². The second-order valence-corrected chi connectivity index (χ2v) is 7.19. The van der Waals surface area contributed by atoms with Crippen LogP contribution in [0.15, 0.2) is 18.3 Å². The fraction of sp³-hybridized carbons (Fsp3) is 0.643. The molecule has 0 aliphatic heterocycles. The van der Waals surface area contributed by atoms with Crippen molar-refractivity contribution in [3.05, 3.63) is 29.6 Å². The van der Waals surface area contributed by atoms with Gasteiger partial charge in [0.05, 0.1) is 5.75 Å². The highest BCUT2D eigenvalue weighted by Crippen LogP contribution is 2.18. The van der Waals surface area contributed by atoms with E-state index in [1.165, 1.54) is 0 Å². The molecule has 4 nitrogen and oxygen atoms in total. The first-order chi connectivity index (χ1) is 8.98. The molecule has 0 fully saturated rings. The molecule has 1 unspecified atom stereocenters. The van der Waals surface area contributed by atoms with Gasteiger partial charge in [-0.15, -0.1) is 0 Å².